The molecule has 6 rings (SSSR count). The number of thiazole rings is 1. The molecule has 4 aromatic rings. The number of carbonyl (C=O) groups is 2. The van der Waals surface area contributed by atoms with Gasteiger partial charge in [0.15, 0.2) is 5.13 Å². The molecule has 3 heterocycles. The molecule has 3 aromatic carbocycles. The van der Waals surface area contributed by atoms with Crippen molar-refractivity contribution in [3.05, 3.63) is 93.5 Å². The van der Waals surface area contributed by atoms with Crippen molar-refractivity contribution in [3.63, 3.8) is 0 Å². The van der Waals surface area contributed by atoms with Crippen molar-refractivity contribution in [1.29, 1.82) is 0 Å². The maximum absolute atomic E-state index is 13.4. The zero-order valence-electron chi connectivity index (χ0n) is 19.5. The van der Waals surface area contributed by atoms with Crippen LogP contribution in [-0.4, -0.2) is 27.9 Å². The van der Waals surface area contributed by atoms with Gasteiger partial charge >= 0.3 is 5.91 Å². The lowest BCUT2D eigenvalue weighted by atomic mass is 9.94. The Morgan fingerprint density at radius 3 is 2.67 bits per heavy atom. The number of carbonyl (C=O) groups excluding carboxylic acids is 2. The average Bonchev–Trinajstić information content (AvgIpc) is 3.51. The molecule has 6 nitrogen and oxygen atoms in total. The van der Waals surface area contributed by atoms with Gasteiger partial charge in [0, 0.05) is 17.0 Å². The smallest absolute Gasteiger partial charge is 0.301 e. The van der Waals surface area contributed by atoms with E-state index in [1.807, 2.05) is 44.2 Å². The molecule has 2 atom stereocenters. The van der Waals surface area contributed by atoms with E-state index in [2.05, 4.69) is 4.98 Å². The number of amides is 1. The molecule has 1 aromatic heterocycles. The first-order valence-corrected chi connectivity index (χ1v) is 12.7. The lowest BCUT2D eigenvalue weighted by Gasteiger charge is -2.23. The summed E-state index contributed by atoms with van der Waals surface area (Å²) in [6.45, 7) is 3.94. The molecule has 2 aliphatic heterocycles. The molecule has 1 fully saturated rings. The second-order valence-corrected chi connectivity index (χ2v) is 10.6. The molecule has 0 bridgehead atoms. The van der Waals surface area contributed by atoms with E-state index in [0.29, 0.717) is 33.2 Å². The molecule has 1 N–H and O–H groups in total. The molecule has 2 aliphatic rings. The monoisotopic (exact) mass is 516 g/mol. The largest absolute Gasteiger partial charge is 0.507 e. The number of hydrogen-bond acceptors (Lipinski definition) is 6. The molecule has 1 saturated heterocycles. The number of rotatable bonds is 3. The van der Waals surface area contributed by atoms with Crippen molar-refractivity contribution >= 4 is 55.7 Å². The Morgan fingerprint density at radius 2 is 1.89 bits per heavy atom. The summed E-state index contributed by atoms with van der Waals surface area (Å²) < 4.78 is 6.58. The van der Waals surface area contributed by atoms with Gasteiger partial charge in [0.1, 0.15) is 17.6 Å². The standard InChI is InChI=1S/C28H21ClN2O4S/c1-14-3-5-16(6-4-14)24-23(25(32)17-7-10-21-18(12-17)11-15(2)35-21)26(33)27(34)31(24)28-30-20-9-8-19(29)13-22(20)36-28/h3-10,12-13,15,24,32H,11H2,1-2H3/b25-23+/t15-,24-/m1/s1. The van der Waals surface area contributed by atoms with E-state index in [9.17, 15) is 14.7 Å². The molecular formula is C28H21ClN2O4S. The molecule has 8 heteroatoms. The first kappa shape index (κ1) is 22.8. The van der Waals surface area contributed by atoms with Gasteiger partial charge in [-0.15, -0.1) is 0 Å². The summed E-state index contributed by atoms with van der Waals surface area (Å²) in [5.74, 6) is -0.929. The van der Waals surface area contributed by atoms with Gasteiger partial charge in [-0.25, -0.2) is 4.98 Å². The highest BCUT2D eigenvalue weighted by atomic mass is 35.5. The van der Waals surface area contributed by atoms with Crippen LogP contribution in [-0.2, 0) is 16.0 Å². The van der Waals surface area contributed by atoms with Crippen LogP contribution >= 0.6 is 22.9 Å². The lowest BCUT2D eigenvalue weighted by molar-refractivity contribution is -0.132. The minimum atomic E-state index is -0.829. The third kappa shape index (κ3) is 3.67. The molecule has 180 valence electrons. The summed E-state index contributed by atoms with van der Waals surface area (Å²) in [5, 5.41) is 12.4. The van der Waals surface area contributed by atoms with Crippen LogP contribution in [0.5, 0.6) is 5.75 Å². The highest BCUT2D eigenvalue weighted by molar-refractivity contribution is 7.22. The number of halogens is 1. The normalized spacial score (nSPS) is 20.7. The molecule has 1 amide bonds. The number of ketones is 1. The van der Waals surface area contributed by atoms with Gasteiger partial charge in [-0.3, -0.25) is 14.5 Å². The van der Waals surface area contributed by atoms with Crippen LogP contribution in [0.4, 0.5) is 5.13 Å². The van der Waals surface area contributed by atoms with Crippen LogP contribution in [0.2, 0.25) is 5.02 Å². The number of hydrogen-bond donors (Lipinski definition) is 1. The third-order valence-corrected chi connectivity index (χ3v) is 7.80. The van der Waals surface area contributed by atoms with Crippen LogP contribution in [0, 0.1) is 6.92 Å². The van der Waals surface area contributed by atoms with Crippen LogP contribution in [0.3, 0.4) is 0 Å². The van der Waals surface area contributed by atoms with Gasteiger partial charge in [0.25, 0.3) is 5.78 Å². The van der Waals surface area contributed by atoms with Gasteiger partial charge in [0.2, 0.25) is 0 Å². The number of aryl methyl sites for hydroxylation is 1. The van der Waals surface area contributed by atoms with Crippen molar-refractivity contribution in [2.75, 3.05) is 4.90 Å². The van der Waals surface area contributed by atoms with Crippen LogP contribution < -0.4 is 9.64 Å². The minimum Gasteiger partial charge on any atom is -0.507 e. The number of Topliss-reactive ketones (excluding diaryl/α,β-unsaturated/α-hetero) is 1. The first-order valence-electron chi connectivity index (χ1n) is 11.5. The zero-order chi connectivity index (χ0) is 25.1. The van der Waals surface area contributed by atoms with E-state index in [1.54, 1.807) is 30.3 Å². The van der Waals surface area contributed by atoms with Crippen molar-refractivity contribution in [3.8, 4) is 5.75 Å². The van der Waals surface area contributed by atoms with Crippen molar-refractivity contribution in [1.82, 2.24) is 4.98 Å². The van der Waals surface area contributed by atoms with E-state index in [1.165, 1.54) is 16.2 Å². The number of aromatic nitrogens is 1. The quantitative estimate of drug-likeness (QED) is 0.199. The summed E-state index contributed by atoms with van der Waals surface area (Å²) in [7, 11) is 0. The van der Waals surface area contributed by atoms with Gasteiger partial charge in [0.05, 0.1) is 21.8 Å². The molecule has 0 spiro atoms. The topological polar surface area (TPSA) is 79.7 Å². The molecule has 0 saturated carbocycles. The molecule has 0 unspecified atom stereocenters. The minimum absolute atomic E-state index is 0.0352. The third-order valence-electron chi connectivity index (χ3n) is 6.55. The number of aliphatic hydroxyl groups is 1. The second kappa shape index (κ2) is 8.47. The van der Waals surface area contributed by atoms with Crippen molar-refractivity contribution in [2.24, 2.45) is 0 Å². The Labute approximate surface area is 216 Å². The number of nitrogens with zero attached hydrogens (tertiary/aromatic N) is 2. The maximum Gasteiger partial charge on any atom is 0.301 e. The number of ether oxygens (including phenoxy) is 1. The first-order chi connectivity index (χ1) is 17.3. The van der Waals surface area contributed by atoms with Crippen molar-refractivity contribution < 1.29 is 19.4 Å². The Hall–Kier alpha value is -3.68. The average molecular weight is 517 g/mol. The van der Waals surface area contributed by atoms with E-state index >= 15 is 0 Å². The number of anilines is 1. The van der Waals surface area contributed by atoms with Crippen LogP contribution in [0.25, 0.3) is 16.0 Å². The highest BCUT2D eigenvalue weighted by Gasteiger charge is 2.48. The lowest BCUT2D eigenvalue weighted by Crippen LogP contribution is -2.29. The van der Waals surface area contributed by atoms with Crippen molar-refractivity contribution in [2.45, 2.75) is 32.4 Å². The maximum atomic E-state index is 13.4. The number of benzene rings is 3. The highest BCUT2D eigenvalue weighted by Crippen LogP contribution is 2.45. The fraction of sp³-hybridized carbons (Fsp3) is 0.179. The Morgan fingerprint density at radius 1 is 1.11 bits per heavy atom. The summed E-state index contributed by atoms with van der Waals surface area (Å²) in [4.78, 5) is 32.9. The Bertz CT molecular complexity index is 1590. The summed E-state index contributed by atoms with van der Waals surface area (Å²) in [5.41, 5.74) is 3.88. The van der Waals surface area contributed by atoms with Crippen LogP contribution in [0.1, 0.15) is 35.2 Å². The summed E-state index contributed by atoms with van der Waals surface area (Å²) >= 11 is 7.43. The fourth-order valence-corrected chi connectivity index (χ4v) is 6.08. The molecule has 36 heavy (non-hydrogen) atoms. The fourth-order valence-electron chi connectivity index (χ4n) is 4.81. The van der Waals surface area contributed by atoms with Crippen LogP contribution in [0.15, 0.2) is 66.2 Å². The zero-order valence-corrected chi connectivity index (χ0v) is 21.1. The summed E-state index contributed by atoms with van der Waals surface area (Å²) in [6, 6.07) is 17.4. The molecule has 0 aliphatic carbocycles. The van der Waals surface area contributed by atoms with E-state index in [4.69, 9.17) is 16.3 Å². The van der Waals surface area contributed by atoms with Gasteiger partial charge in [-0.2, -0.15) is 0 Å². The number of fused-ring (bicyclic) bond motifs is 2. The second-order valence-electron chi connectivity index (χ2n) is 9.14. The Kier molecular flexibility index (Phi) is 5.35. The van der Waals surface area contributed by atoms with E-state index < -0.39 is 17.7 Å². The van der Waals surface area contributed by atoms with E-state index in [-0.39, 0.29) is 17.4 Å². The predicted octanol–water partition coefficient (Wildman–Crippen LogP) is 6.21. The van der Waals surface area contributed by atoms with E-state index in [0.717, 1.165) is 21.6 Å². The van der Waals surface area contributed by atoms with Gasteiger partial charge < -0.3 is 9.84 Å². The van der Waals surface area contributed by atoms with Gasteiger partial charge in [-0.1, -0.05) is 52.8 Å². The predicted molar refractivity (Wildman–Crippen MR) is 141 cm³/mol. The molecular weight excluding hydrogens is 496 g/mol. The number of aliphatic hydroxyl groups excluding tert-OH is 1. The molecule has 0 radical (unpaired) electrons. The van der Waals surface area contributed by atoms with Gasteiger partial charge in [-0.05, 0) is 61.4 Å². The Balaban J connectivity index is 1.53. The summed E-state index contributed by atoms with van der Waals surface area (Å²) in [6.07, 6.45) is 0.753. The SMILES string of the molecule is Cc1ccc([C@@H]2/C(=C(\O)c3ccc4c(c3)C[C@@H](C)O4)C(=O)C(=O)N2c2nc3ccc(Cl)cc3s2)cc1.